The summed E-state index contributed by atoms with van der Waals surface area (Å²) in [5.74, 6) is 1.74. The normalized spacial score (nSPS) is 10.3. The molecule has 0 saturated heterocycles. The van der Waals surface area contributed by atoms with Gasteiger partial charge in [0.1, 0.15) is 11.5 Å². The van der Waals surface area contributed by atoms with Crippen molar-refractivity contribution < 1.29 is 9.47 Å². The standard InChI is InChI=1S/C14H15ClN2O2/c1-4-10-13(15)16-8-17-14(10)19-11-6-5-9(2)7-12(11)18-3/h5-8H,4H2,1-3H3. The van der Waals surface area contributed by atoms with Crippen molar-refractivity contribution in [3.63, 3.8) is 0 Å². The van der Waals surface area contributed by atoms with Crippen LogP contribution >= 0.6 is 11.6 Å². The molecule has 0 unspecified atom stereocenters. The lowest BCUT2D eigenvalue weighted by atomic mass is 10.2. The van der Waals surface area contributed by atoms with Crippen LogP contribution in [0, 0.1) is 6.92 Å². The Hall–Kier alpha value is -1.81. The van der Waals surface area contributed by atoms with Gasteiger partial charge in [-0.05, 0) is 31.0 Å². The maximum absolute atomic E-state index is 6.03. The van der Waals surface area contributed by atoms with Crippen molar-refractivity contribution in [1.82, 2.24) is 9.97 Å². The summed E-state index contributed by atoms with van der Waals surface area (Å²) in [6.45, 7) is 3.97. The summed E-state index contributed by atoms with van der Waals surface area (Å²) in [7, 11) is 1.61. The van der Waals surface area contributed by atoms with E-state index < -0.39 is 0 Å². The maximum atomic E-state index is 6.03. The quantitative estimate of drug-likeness (QED) is 0.798. The lowest BCUT2D eigenvalue weighted by Gasteiger charge is -2.12. The molecule has 0 radical (unpaired) electrons. The molecular weight excluding hydrogens is 264 g/mol. The van der Waals surface area contributed by atoms with E-state index in [1.165, 1.54) is 6.33 Å². The van der Waals surface area contributed by atoms with E-state index in [1.54, 1.807) is 7.11 Å². The third-order valence-electron chi connectivity index (χ3n) is 2.73. The van der Waals surface area contributed by atoms with Gasteiger partial charge in [0.2, 0.25) is 5.88 Å². The number of methoxy groups -OCH3 is 1. The minimum Gasteiger partial charge on any atom is -0.493 e. The maximum Gasteiger partial charge on any atom is 0.227 e. The van der Waals surface area contributed by atoms with Crippen LogP contribution in [0.5, 0.6) is 17.4 Å². The first-order valence-corrected chi connectivity index (χ1v) is 6.35. The highest BCUT2D eigenvalue weighted by Gasteiger charge is 2.12. The van der Waals surface area contributed by atoms with E-state index in [0.29, 0.717) is 29.0 Å². The summed E-state index contributed by atoms with van der Waals surface area (Å²) in [5, 5.41) is 0.415. The number of hydrogen-bond acceptors (Lipinski definition) is 4. The average molecular weight is 279 g/mol. The van der Waals surface area contributed by atoms with Crippen molar-refractivity contribution in [3.05, 3.63) is 40.8 Å². The fourth-order valence-electron chi connectivity index (χ4n) is 1.72. The third-order valence-corrected chi connectivity index (χ3v) is 3.06. The zero-order valence-electron chi connectivity index (χ0n) is 11.1. The van der Waals surface area contributed by atoms with Crippen LogP contribution in [0.1, 0.15) is 18.1 Å². The summed E-state index contributed by atoms with van der Waals surface area (Å²) >= 11 is 6.03. The van der Waals surface area contributed by atoms with E-state index in [1.807, 2.05) is 32.0 Å². The van der Waals surface area contributed by atoms with E-state index in [0.717, 1.165) is 11.1 Å². The molecule has 2 aromatic rings. The molecule has 1 heterocycles. The molecule has 0 amide bonds. The van der Waals surface area contributed by atoms with Crippen molar-refractivity contribution in [2.45, 2.75) is 20.3 Å². The smallest absolute Gasteiger partial charge is 0.227 e. The number of ether oxygens (including phenoxy) is 2. The monoisotopic (exact) mass is 278 g/mol. The van der Waals surface area contributed by atoms with Crippen LogP contribution in [0.2, 0.25) is 5.15 Å². The fraction of sp³-hybridized carbons (Fsp3) is 0.286. The first-order chi connectivity index (χ1) is 9.15. The first-order valence-electron chi connectivity index (χ1n) is 5.97. The Balaban J connectivity index is 2.39. The molecule has 0 spiro atoms. The summed E-state index contributed by atoms with van der Waals surface area (Å²) < 4.78 is 11.1. The molecule has 19 heavy (non-hydrogen) atoms. The predicted molar refractivity (Wildman–Crippen MR) is 74.2 cm³/mol. The van der Waals surface area contributed by atoms with Crippen LogP contribution in [-0.2, 0) is 6.42 Å². The molecule has 0 N–H and O–H groups in total. The second-order valence-electron chi connectivity index (χ2n) is 4.06. The van der Waals surface area contributed by atoms with Gasteiger partial charge in [-0.2, -0.15) is 0 Å². The van der Waals surface area contributed by atoms with Gasteiger partial charge in [0, 0.05) is 0 Å². The Bertz CT molecular complexity index is 588. The zero-order valence-corrected chi connectivity index (χ0v) is 11.9. The van der Waals surface area contributed by atoms with Gasteiger partial charge in [0.15, 0.2) is 11.5 Å². The fourth-order valence-corrected chi connectivity index (χ4v) is 1.98. The number of aryl methyl sites for hydroxylation is 1. The van der Waals surface area contributed by atoms with E-state index in [9.17, 15) is 0 Å². The molecule has 0 atom stereocenters. The Morgan fingerprint density at radius 2 is 2.00 bits per heavy atom. The van der Waals surface area contributed by atoms with Gasteiger partial charge < -0.3 is 9.47 Å². The highest BCUT2D eigenvalue weighted by molar-refractivity contribution is 6.30. The number of aromatic nitrogens is 2. The number of hydrogen-bond donors (Lipinski definition) is 0. The van der Waals surface area contributed by atoms with Crippen molar-refractivity contribution in [1.29, 1.82) is 0 Å². The Morgan fingerprint density at radius 3 is 2.68 bits per heavy atom. The molecule has 0 aliphatic rings. The number of halogens is 1. The molecule has 0 saturated carbocycles. The molecule has 0 fully saturated rings. The Kier molecular flexibility index (Phi) is 4.22. The summed E-state index contributed by atoms with van der Waals surface area (Å²) in [6, 6.07) is 5.71. The molecule has 0 aliphatic carbocycles. The summed E-state index contributed by atoms with van der Waals surface area (Å²) in [5.41, 5.74) is 1.88. The minimum absolute atomic E-state index is 0.415. The minimum atomic E-state index is 0.415. The Morgan fingerprint density at radius 1 is 1.21 bits per heavy atom. The molecule has 0 aliphatic heterocycles. The van der Waals surface area contributed by atoms with Gasteiger partial charge in [-0.1, -0.05) is 24.6 Å². The Labute approximate surface area is 117 Å². The number of benzene rings is 1. The van der Waals surface area contributed by atoms with Gasteiger partial charge >= 0.3 is 0 Å². The molecule has 100 valence electrons. The lowest BCUT2D eigenvalue weighted by molar-refractivity contribution is 0.372. The molecule has 5 heteroatoms. The van der Waals surface area contributed by atoms with Crippen molar-refractivity contribution in [3.8, 4) is 17.4 Å². The topological polar surface area (TPSA) is 44.2 Å². The average Bonchev–Trinajstić information content (AvgIpc) is 2.41. The van der Waals surface area contributed by atoms with E-state index in [4.69, 9.17) is 21.1 Å². The van der Waals surface area contributed by atoms with Gasteiger partial charge in [0.25, 0.3) is 0 Å². The van der Waals surface area contributed by atoms with Crippen LogP contribution in [-0.4, -0.2) is 17.1 Å². The number of rotatable bonds is 4. The van der Waals surface area contributed by atoms with Gasteiger partial charge in [-0.3, -0.25) is 0 Å². The molecule has 4 nitrogen and oxygen atoms in total. The van der Waals surface area contributed by atoms with Crippen LogP contribution in [0.15, 0.2) is 24.5 Å². The first kappa shape index (κ1) is 13.6. The molecule has 1 aromatic carbocycles. The van der Waals surface area contributed by atoms with E-state index in [2.05, 4.69) is 9.97 Å². The van der Waals surface area contributed by atoms with E-state index in [-0.39, 0.29) is 0 Å². The predicted octanol–water partition coefficient (Wildman–Crippen LogP) is 3.80. The van der Waals surface area contributed by atoms with Crippen LogP contribution in [0.25, 0.3) is 0 Å². The van der Waals surface area contributed by atoms with Gasteiger partial charge in [0.05, 0.1) is 12.7 Å². The zero-order chi connectivity index (χ0) is 13.8. The van der Waals surface area contributed by atoms with Gasteiger partial charge in [-0.15, -0.1) is 0 Å². The van der Waals surface area contributed by atoms with Crippen molar-refractivity contribution in [2.24, 2.45) is 0 Å². The molecule has 0 bridgehead atoms. The highest BCUT2D eigenvalue weighted by atomic mass is 35.5. The van der Waals surface area contributed by atoms with Gasteiger partial charge in [-0.25, -0.2) is 9.97 Å². The lowest BCUT2D eigenvalue weighted by Crippen LogP contribution is -1.98. The highest BCUT2D eigenvalue weighted by Crippen LogP contribution is 2.34. The van der Waals surface area contributed by atoms with Crippen LogP contribution < -0.4 is 9.47 Å². The van der Waals surface area contributed by atoms with Crippen LogP contribution in [0.4, 0.5) is 0 Å². The van der Waals surface area contributed by atoms with Crippen LogP contribution in [0.3, 0.4) is 0 Å². The largest absolute Gasteiger partial charge is 0.493 e. The van der Waals surface area contributed by atoms with Crippen molar-refractivity contribution in [2.75, 3.05) is 7.11 Å². The molecule has 2 rings (SSSR count). The summed E-state index contributed by atoms with van der Waals surface area (Å²) in [4.78, 5) is 8.08. The number of nitrogens with zero attached hydrogens (tertiary/aromatic N) is 2. The SMILES string of the molecule is CCc1c(Cl)ncnc1Oc1ccc(C)cc1OC. The van der Waals surface area contributed by atoms with E-state index >= 15 is 0 Å². The molecular formula is C14H15ClN2O2. The second-order valence-corrected chi connectivity index (χ2v) is 4.42. The third kappa shape index (κ3) is 2.96. The van der Waals surface area contributed by atoms with Crippen molar-refractivity contribution >= 4 is 11.6 Å². The second kappa shape index (κ2) is 5.89. The molecule has 1 aromatic heterocycles. The summed E-state index contributed by atoms with van der Waals surface area (Å²) in [6.07, 6.45) is 2.08.